The molecule has 0 spiro atoms. The number of nitrogens with zero attached hydrogens (tertiary/aromatic N) is 2. The molecule has 1 amide bonds. The molecule has 1 aliphatic heterocycles. The van der Waals surface area contributed by atoms with E-state index in [4.69, 9.17) is 11.0 Å². The van der Waals surface area contributed by atoms with Gasteiger partial charge in [0.2, 0.25) is 5.91 Å². The lowest BCUT2D eigenvalue weighted by Gasteiger charge is -2.32. The van der Waals surface area contributed by atoms with Gasteiger partial charge in [0.15, 0.2) is 0 Å². The van der Waals surface area contributed by atoms with E-state index in [1.165, 1.54) is 12.8 Å². The lowest BCUT2D eigenvalue weighted by Crippen LogP contribution is -2.44. The van der Waals surface area contributed by atoms with Crippen LogP contribution in [0.2, 0.25) is 0 Å². The van der Waals surface area contributed by atoms with E-state index in [2.05, 4.69) is 16.3 Å². The Balaban J connectivity index is 1.68. The Kier molecular flexibility index (Phi) is 4.56. The van der Waals surface area contributed by atoms with E-state index in [1.807, 2.05) is 0 Å². The average Bonchev–Trinajstić information content (AvgIpc) is 3.14. The minimum Gasteiger partial charge on any atom is -0.370 e. The van der Waals surface area contributed by atoms with Crippen molar-refractivity contribution in [2.24, 2.45) is 11.7 Å². The molecule has 2 fully saturated rings. The molecule has 2 aliphatic rings. The molecule has 1 aliphatic carbocycles. The van der Waals surface area contributed by atoms with Crippen molar-refractivity contribution < 1.29 is 4.79 Å². The van der Waals surface area contributed by atoms with Crippen molar-refractivity contribution in [2.75, 3.05) is 19.6 Å². The summed E-state index contributed by atoms with van der Waals surface area (Å²) in [5.41, 5.74) is 5.22. The third-order valence-electron chi connectivity index (χ3n) is 3.81. The maximum atomic E-state index is 10.9. The molecular weight excluding hydrogens is 228 g/mol. The molecule has 1 saturated heterocycles. The molecule has 3 N–H and O–H groups in total. The van der Waals surface area contributed by atoms with Crippen LogP contribution in [-0.2, 0) is 4.79 Å². The first-order chi connectivity index (χ1) is 8.67. The number of carbonyl (C=O) groups excluding carboxylic acids is 1. The van der Waals surface area contributed by atoms with E-state index in [9.17, 15) is 4.79 Å². The standard InChI is InChI=1S/C13H22N4O/c14-8-12(16-11-1-2-11)9-17-5-3-10(4-6-17)7-13(15)18/h10-12,16H,1-7,9H2,(H2,15,18). The smallest absolute Gasteiger partial charge is 0.217 e. The van der Waals surface area contributed by atoms with Crippen molar-refractivity contribution in [1.82, 2.24) is 10.2 Å². The third kappa shape index (κ3) is 4.28. The largest absolute Gasteiger partial charge is 0.370 e. The molecule has 0 aromatic heterocycles. The van der Waals surface area contributed by atoms with Gasteiger partial charge < -0.3 is 10.6 Å². The summed E-state index contributed by atoms with van der Waals surface area (Å²) in [4.78, 5) is 13.2. The number of nitriles is 1. The summed E-state index contributed by atoms with van der Waals surface area (Å²) in [6.07, 6.45) is 4.96. The summed E-state index contributed by atoms with van der Waals surface area (Å²) in [6.45, 7) is 2.75. The number of nitrogens with two attached hydrogens (primary N) is 1. The zero-order chi connectivity index (χ0) is 13.0. The predicted molar refractivity (Wildman–Crippen MR) is 68.5 cm³/mol. The average molecular weight is 250 g/mol. The third-order valence-corrected chi connectivity index (χ3v) is 3.81. The highest BCUT2D eigenvalue weighted by Gasteiger charge is 2.27. The Morgan fingerprint density at radius 3 is 2.56 bits per heavy atom. The van der Waals surface area contributed by atoms with E-state index >= 15 is 0 Å². The van der Waals surface area contributed by atoms with Gasteiger partial charge in [-0.3, -0.25) is 10.1 Å². The van der Waals surface area contributed by atoms with Crippen LogP contribution in [0, 0.1) is 17.2 Å². The normalized spacial score (nSPS) is 23.5. The van der Waals surface area contributed by atoms with Crippen LogP contribution < -0.4 is 11.1 Å². The molecule has 2 rings (SSSR count). The fourth-order valence-electron chi connectivity index (χ4n) is 2.58. The molecule has 1 unspecified atom stereocenters. The summed E-state index contributed by atoms with van der Waals surface area (Å²) >= 11 is 0. The van der Waals surface area contributed by atoms with Crippen molar-refractivity contribution in [3.63, 3.8) is 0 Å². The highest BCUT2D eigenvalue weighted by Crippen LogP contribution is 2.22. The van der Waals surface area contributed by atoms with Gasteiger partial charge in [0.1, 0.15) is 6.04 Å². The second-order valence-corrected chi connectivity index (χ2v) is 5.54. The molecule has 1 atom stereocenters. The summed E-state index contributed by atoms with van der Waals surface area (Å²) in [6, 6.07) is 2.86. The number of carbonyl (C=O) groups is 1. The van der Waals surface area contributed by atoms with Gasteiger partial charge in [-0.15, -0.1) is 0 Å². The highest BCUT2D eigenvalue weighted by molar-refractivity contribution is 5.73. The molecule has 1 saturated carbocycles. The zero-order valence-electron chi connectivity index (χ0n) is 10.8. The second kappa shape index (κ2) is 6.17. The van der Waals surface area contributed by atoms with Crippen LogP contribution in [0.25, 0.3) is 0 Å². The van der Waals surface area contributed by atoms with Crippen LogP contribution >= 0.6 is 0 Å². The van der Waals surface area contributed by atoms with Crippen LogP contribution in [0.1, 0.15) is 32.1 Å². The van der Waals surface area contributed by atoms with Gasteiger partial charge in [-0.25, -0.2) is 0 Å². The van der Waals surface area contributed by atoms with Crippen LogP contribution in [0.5, 0.6) is 0 Å². The topological polar surface area (TPSA) is 82.2 Å². The lowest BCUT2D eigenvalue weighted by atomic mass is 9.93. The molecule has 0 aromatic rings. The number of likely N-dealkylation sites (tertiary alicyclic amines) is 1. The first kappa shape index (κ1) is 13.3. The molecule has 5 nitrogen and oxygen atoms in total. The summed E-state index contributed by atoms with van der Waals surface area (Å²) in [5, 5.41) is 12.5. The number of piperidine rings is 1. The van der Waals surface area contributed by atoms with Gasteiger partial charge in [-0.05, 0) is 44.7 Å². The van der Waals surface area contributed by atoms with Crippen LogP contribution in [0.4, 0.5) is 0 Å². The van der Waals surface area contributed by atoms with E-state index in [-0.39, 0.29) is 11.9 Å². The molecule has 1 heterocycles. The molecule has 0 radical (unpaired) electrons. The lowest BCUT2D eigenvalue weighted by molar-refractivity contribution is -0.119. The minimum atomic E-state index is -0.196. The van der Waals surface area contributed by atoms with Crippen LogP contribution in [-0.4, -0.2) is 42.5 Å². The number of rotatable bonds is 6. The Morgan fingerprint density at radius 2 is 2.06 bits per heavy atom. The van der Waals surface area contributed by atoms with E-state index in [0.29, 0.717) is 18.4 Å². The van der Waals surface area contributed by atoms with Crippen molar-refractivity contribution in [3.05, 3.63) is 0 Å². The Bertz CT molecular complexity index is 326. The van der Waals surface area contributed by atoms with Gasteiger partial charge in [0.05, 0.1) is 6.07 Å². The summed E-state index contributed by atoms with van der Waals surface area (Å²) in [7, 11) is 0. The number of hydrogen-bond acceptors (Lipinski definition) is 4. The monoisotopic (exact) mass is 250 g/mol. The molecule has 0 aromatic carbocycles. The van der Waals surface area contributed by atoms with Crippen LogP contribution in [0.3, 0.4) is 0 Å². The van der Waals surface area contributed by atoms with E-state index in [0.717, 1.165) is 32.5 Å². The van der Waals surface area contributed by atoms with Crippen molar-refractivity contribution in [1.29, 1.82) is 5.26 Å². The maximum Gasteiger partial charge on any atom is 0.217 e. The van der Waals surface area contributed by atoms with Crippen molar-refractivity contribution in [2.45, 2.75) is 44.2 Å². The highest BCUT2D eigenvalue weighted by atomic mass is 16.1. The van der Waals surface area contributed by atoms with E-state index < -0.39 is 0 Å². The summed E-state index contributed by atoms with van der Waals surface area (Å²) in [5.74, 6) is 0.245. The number of primary amides is 1. The molecular formula is C13H22N4O. The van der Waals surface area contributed by atoms with Crippen LogP contribution in [0.15, 0.2) is 0 Å². The number of amides is 1. The Morgan fingerprint density at radius 1 is 1.39 bits per heavy atom. The summed E-state index contributed by atoms with van der Waals surface area (Å²) < 4.78 is 0. The van der Waals surface area contributed by atoms with Gasteiger partial charge >= 0.3 is 0 Å². The number of hydrogen-bond donors (Lipinski definition) is 2. The Labute approximate surface area is 108 Å². The quantitative estimate of drug-likeness (QED) is 0.706. The van der Waals surface area contributed by atoms with Gasteiger partial charge in [-0.1, -0.05) is 0 Å². The SMILES string of the molecule is N#CC(CN1CCC(CC(N)=O)CC1)NC1CC1. The fourth-order valence-corrected chi connectivity index (χ4v) is 2.58. The van der Waals surface area contributed by atoms with Crippen molar-refractivity contribution >= 4 is 5.91 Å². The molecule has 100 valence electrons. The van der Waals surface area contributed by atoms with Crippen molar-refractivity contribution in [3.8, 4) is 6.07 Å². The minimum absolute atomic E-state index is 0.0507. The molecule has 18 heavy (non-hydrogen) atoms. The Hall–Kier alpha value is -1.12. The predicted octanol–water partition coefficient (Wildman–Crippen LogP) is 0.218. The first-order valence-electron chi connectivity index (χ1n) is 6.83. The molecule has 5 heteroatoms. The second-order valence-electron chi connectivity index (χ2n) is 5.54. The van der Waals surface area contributed by atoms with Gasteiger partial charge in [0.25, 0.3) is 0 Å². The van der Waals surface area contributed by atoms with E-state index in [1.54, 1.807) is 0 Å². The maximum absolute atomic E-state index is 10.9. The number of nitrogens with one attached hydrogen (secondary N) is 1. The van der Waals surface area contributed by atoms with Gasteiger partial charge in [-0.2, -0.15) is 5.26 Å². The first-order valence-corrected chi connectivity index (χ1v) is 6.83. The van der Waals surface area contributed by atoms with Gasteiger partial charge in [0, 0.05) is 19.0 Å². The fraction of sp³-hybridized carbons (Fsp3) is 0.846. The zero-order valence-corrected chi connectivity index (χ0v) is 10.8. The molecule has 0 bridgehead atoms.